The zero-order valence-electron chi connectivity index (χ0n) is 22.2. The van der Waals surface area contributed by atoms with Gasteiger partial charge in [0.2, 0.25) is 5.91 Å². The van der Waals surface area contributed by atoms with E-state index in [2.05, 4.69) is 6.92 Å². The molecule has 2 aromatic carbocycles. The van der Waals surface area contributed by atoms with Crippen molar-refractivity contribution >= 4 is 17.7 Å². The Morgan fingerprint density at radius 2 is 1.70 bits per heavy atom. The van der Waals surface area contributed by atoms with Crippen LogP contribution in [0.1, 0.15) is 69.3 Å². The molecule has 1 heterocycles. The third kappa shape index (κ3) is 6.40. The van der Waals surface area contributed by atoms with Crippen LogP contribution in [0, 0.1) is 11.8 Å². The molecule has 7 nitrogen and oxygen atoms in total. The van der Waals surface area contributed by atoms with Gasteiger partial charge in [0.1, 0.15) is 17.9 Å². The molecule has 0 saturated heterocycles. The van der Waals surface area contributed by atoms with Crippen molar-refractivity contribution in [3.05, 3.63) is 71.9 Å². The smallest absolute Gasteiger partial charge is 0.343 e. The number of benzene rings is 2. The number of ether oxygens (including phenoxy) is 2. The van der Waals surface area contributed by atoms with Crippen LogP contribution in [-0.4, -0.2) is 34.3 Å². The third-order valence-corrected chi connectivity index (χ3v) is 6.89. The highest BCUT2D eigenvalue weighted by atomic mass is 16.5. The number of carbonyl (C=O) groups is 2. The number of anilines is 1. The minimum Gasteiger partial charge on any atom is -0.489 e. The van der Waals surface area contributed by atoms with Crippen molar-refractivity contribution in [1.29, 1.82) is 0 Å². The van der Waals surface area contributed by atoms with Crippen molar-refractivity contribution in [2.24, 2.45) is 11.8 Å². The molecule has 37 heavy (non-hydrogen) atoms. The maximum atomic E-state index is 13.7. The summed E-state index contributed by atoms with van der Waals surface area (Å²) in [5.41, 5.74) is 2.09. The van der Waals surface area contributed by atoms with Gasteiger partial charge in [-0.15, -0.1) is 5.10 Å². The van der Waals surface area contributed by atoms with E-state index in [1.807, 2.05) is 68.4 Å². The van der Waals surface area contributed by atoms with Crippen molar-refractivity contribution in [3.63, 3.8) is 0 Å². The van der Waals surface area contributed by atoms with Gasteiger partial charge < -0.3 is 9.47 Å². The molecule has 0 N–H and O–H groups in total. The summed E-state index contributed by atoms with van der Waals surface area (Å²) in [6, 6.07) is 17.3. The lowest BCUT2D eigenvalue weighted by Gasteiger charge is -2.32. The van der Waals surface area contributed by atoms with E-state index in [9.17, 15) is 9.59 Å². The molecule has 1 aliphatic rings. The van der Waals surface area contributed by atoms with E-state index >= 15 is 0 Å². The molecule has 0 bridgehead atoms. The molecule has 4 rings (SSSR count). The second kappa shape index (κ2) is 12.1. The number of hydrogen-bond donors (Lipinski definition) is 0. The minimum absolute atomic E-state index is 0.0334. The number of carbonyl (C=O) groups excluding carboxylic acids is 2. The van der Waals surface area contributed by atoms with Crippen LogP contribution < -0.4 is 9.64 Å². The Balaban J connectivity index is 1.60. The molecule has 7 heteroatoms. The lowest BCUT2D eigenvalue weighted by molar-refractivity contribution is -0.124. The van der Waals surface area contributed by atoms with Crippen LogP contribution in [0.5, 0.6) is 5.75 Å². The highest BCUT2D eigenvalue weighted by Gasteiger charge is 2.34. The summed E-state index contributed by atoms with van der Waals surface area (Å²) in [5.74, 6) is 1.31. The topological polar surface area (TPSA) is 73.7 Å². The molecule has 0 atom stereocenters. The molecule has 196 valence electrons. The van der Waals surface area contributed by atoms with Gasteiger partial charge in [0, 0.05) is 18.2 Å². The predicted molar refractivity (Wildman–Crippen MR) is 144 cm³/mol. The van der Waals surface area contributed by atoms with Gasteiger partial charge in [0.15, 0.2) is 5.82 Å². The molecule has 0 unspecified atom stereocenters. The molecule has 1 saturated carbocycles. The molecule has 0 aliphatic heterocycles. The van der Waals surface area contributed by atoms with Crippen LogP contribution >= 0.6 is 0 Å². The van der Waals surface area contributed by atoms with E-state index in [0.29, 0.717) is 23.9 Å². The van der Waals surface area contributed by atoms with Crippen LogP contribution in [0.2, 0.25) is 0 Å². The van der Waals surface area contributed by atoms with Gasteiger partial charge in [-0.3, -0.25) is 9.69 Å². The quantitative estimate of drug-likeness (QED) is 0.325. The molecule has 0 radical (unpaired) electrons. The fourth-order valence-electron chi connectivity index (χ4n) is 4.76. The number of rotatable bonds is 9. The van der Waals surface area contributed by atoms with Crippen molar-refractivity contribution in [2.45, 2.75) is 66.0 Å². The Bertz CT molecular complexity index is 1180. The molecule has 3 aromatic rings. The summed E-state index contributed by atoms with van der Waals surface area (Å²) < 4.78 is 12.8. The summed E-state index contributed by atoms with van der Waals surface area (Å²) in [7, 11) is 0. The van der Waals surface area contributed by atoms with Gasteiger partial charge in [0.25, 0.3) is 0 Å². The van der Waals surface area contributed by atoms with Gasteiger partial charge in [-0.1, -0.05) is 37.3 Å². The molecular weight excluding hydrogens is 466 g/mol. The molecule has 0 spiro atoms. The van der Waals surface area contributed by atoms with Gasteiger partial charge >= 0.3 is 5.97 Å². The molecule has 1 aromatic heterocycles. The first-order valence-corrected chi connectivity index (χ1v) is 13.2. The van der Waals surface area contributed by atoms with Crippen molar-refractivity contribution in [2.75, 3.05) is 11.5 Å². The number of para-hydroxylation sites is 1. The van der Waals surface area contributed by atoms with Crippen LogP contribution in [0.3, 0.4) is 0 Å². The lowest BCUT2D eigenvalue weighted by Crippen LogP contribution is -2.43. The highest BCUT2D eigenvalue weighted by Crippen LogP contribution is 2.33. The SMILES string of the molecule is CCOC(=O)c1cn(-c2ccc(COc3ccccc3)cc2)nc1N(C(=O)C1CCC(C)CC1)C(C)C. The normalized spacial score (nSPS) is 17.4. The van der Waals surface area contributed by atoms with E-state index in [1.165, 1.54) is 0 Å². The fourth-order valence-corrected chi connectivity index (χ4v) is 4.76. The summed E-state index contributed by atoms with van der Waals surface area (Å²) in [4.78, 5) is 28.3. The fraction of sp³-hybridized carbons (Fsp3) is 0.433. The first kappa shape index (κ1) is 26.5. The summed E-state index contributed by atoms with van der Waals surface area (Å²) in [5, 5.41) is 4.75. The third-order valence-electron chi connectivity index (χ3n) is 6.89. The monoisotopic (exact) mass is 503 g/mol. The van der Waals surface area contributed by atoms with E-state index in [1.54, 1.807) is 22.7 Å². The van der Waals surface area contributed by atoms with Crippen molar-refractivity contribution < 1.29 is 19.1 Å². The van der Waals surface area contributed by atoms with Gasteiger partial charge in [-0.25, -0.2) is 9.48 Å². The van der Waals surface area contributed by atoms with E-state index in [4.69, 9.17) is 14.6 Å². The van der Waals surface area contributed by atoms with Crippen molar-refractivity contribution in [3.8, 4) is 11.4 Å². The summed E-state index contributed by atoms with van der Waals surface area (Å²) >= 11 is 0. The van der Waals surface area contributed by atoms with Crippen LogP contribution in [0.25, 0.3) is 5.69 Å². The Morgan fingerprint density at radius 1 is 1.03 bits per heavy atom. The number of aromatic nitrogens is 2. The number of nitrogens with zero attached hydrogens (tertiary/aromatic N) is 3. The Morgan fingerprint density at radius 3 is 2.32 bits per heavy atom. The van der Waals surface area contributed by atoms with Crippen LogP contribution in [0.15, 0.2) is 60.8 Å². The van der Waals surface area contributed by atoms with E-state index < -0.39 is 5.97 Å². The lowest BCUT2D eigenvalue weighted by atomic mass is 9.82. The van der Waals surface area contributed by atoms with E-state index in [-0.39, 0.29) is 24.5 Å². The number of amides is 1. The van der Waals surface area contributed by atoms with Gasteiger partial charge in [-0.2, -0.15) is 0 Å². The standard InChI is InChI=1S/C30H37N3O4/c1-5-36-30(35)27-19-32(25-17-13-23(14-18-25)20-37-26-9-7-6-8-10-26)31-28(27)33(21(2)3)29(34)24-15-11-22(4)12-16-24/h6-10,13-14,17-19,21-22,24H,5,11-12,15-16,20H2,1-4H3. The Hall–Kier alpha value is -3.61. The summed E-state index contributed by atoms with van der Waals surface area (Å²) in [6.45, 7) is 8.61. The molecule has 1 amide bonds. The van der Waals surface area contributed by atoms with Crippen LogP contribution in [0.4, 0.5) is 5.82 Å². The predicted octanol–water partition coefficient (Wildman–Crippen LogP) is 6.20. The zero-order valence-corrected chi connectivity index (χ0v) is 22.2. The highest BCUT2D eigenvalue weighted by molar-refractivity contribution is 6.02. The second-order valence-electron chi connectivity index (χ2n) is 10.1. The minimum atomic E-state index is -0.479. The Labute approximate surface area is 219 Å². The first-order chi connectivity index (χ1) is 17.9. The maximum Gasteiger partial charge on any atom is 0.343 e. The zero-order chi connectivity index (χ0) is 26.4. The molecule has 1 fully saturated rings. The average Bonchev–Trinajstić information content (AvgIpc) is 3.33. The first-order valence-electron chi connectivity index (χ1n) is 13.2. The number of hydrogen-bond acceptors (Lipinski definition) is 5. The largest absolute Gasteiger partial charge is 0.489 e. The molecular formula is C30H37N3O4. The molecule has 1 aliphatic carbocycles. The van der Waals surface area contributed by atoms with Gasteiger partial charge in [0.05, 0.1) is 12.3 Å². The van der Waals surface area contributed by atoms with Crippen molar-refractivity contribution in [1.82, 2.24) is 9.78 Å². The average molecular weight is 504 g/mol. The second-order valence-corrected chi connectivity index (χ2v) is 10.1. The number of esters is 1. The van der Waals surface area contributed by atoms with Crippen LogP contribution in [-0.2, 0) is 16.1 Å². The summed E-state index contributed by atoms with van der Waals surface area (Å²) in [6.07, 6.45) is 5.48. The van der Waals surface area contributed by atoms with Gasteiger partial charge in [-0.05, 0) is 82.2 Å². The maximum absolute atomic E-state index is 13.7. The van der Waals surface area contributed by atoms with E-state index in [0.717, 1.165) is 42.7 Å². The Kier molecular flexibility index (Phi) is 8.64.